The molecule has 0 amide bonds. The zero-order valence-electron chi connectivity index (χ0n) is 7.96. The van der Waals surface area contributed by atoms with Gasteiger partial charge in [-0.1, -0.05) is 20.8 Å². The van der Waals surface area contributed by atoms with Gasteiger partial charge in [-0.15, -0.1) is 0 Å². The van der Waals surface area contributed by atoms with Gasteiger partial charge in [0, 0.05) is 0 Å². The van der Waals surface area contributed by atoms with Gasteiger partial charge in [0.15, 0.2) is 9.84 Å². The van der Waals surface area contributed by atoms with E-state index in [1.165, 1.54) is 0 Å². The summed E-state index contributed by atoms with van der Waals surface area (Å²) < 4.78 is 22.5. The van der Waals surface area contributed by atoms with E-state index in [4.69, 9.17) is 0 Å². The summed E-state index contributed by atoms with van der Waals surface area (Å²) in [4.78, 5) is 0. The van der Waals surface area contributed by atoms with E-state index >= 15 is 0 Å². The highest BCUT2D eigenvalue weighted by Crippen LogP contribution is 2.16. The van der Waals surface area contributed by atoms with Gasteiger partial charge in [-0.25, -0.2) is 13.5 Å². The molecule has 0 N–H and O–H groups in total. The maximum absolute atomic E-state index is 11.3. The minimum absolute atomic E-state index is 0.0355. The molecule has 0 saturated heterocycles. The van der Waals surface area contributed by atoms with Crippen LogP contribution in [0.25, 0.3) is 0 Å². The SMILES string of the molecule is CC(C)(C)CS(=O)(=O)CCC[O]. The van der Waals surface area contributed by atoms with E-state index in [9.17, 15) is 13.5 Å². The average Bonchev–Trinajstić information content (AvgIpc) is 1.78. The first-order chi connectivity index (χ1) is 5.27. The monoisotopic (exact) mass is 193 g/mol. The van der Waals surface area contributed by atoms with Crippen molar-refractivity contribution in [1.29, 1.82) is 0 Å². The second kappa shape index (κ2) is 4.23. The molecule has 0 aliphatic rings. The third-order valence-corrected chi connectivity index (χ3v) is 3.47. The molecular weight excluding hydrogens is 176 g/mol. The number of hydrogen-bond acceptors (Lipinski definition) is 2. The van der Waals surface area contributed by atoms with Crippen molar-refractivity contribution in [3.63, 3.8) is 0 Å². The van der Waals surface area contributed by atoms with Crippen molar-refractivity contribution in [3.05, 3.63) is 0 Å². The fourth-order valence-electron chi connectivity index (χ4n) is 1.01. The average molecular weight is 193 g/mol. The summed E-state index contributed by atoms with van der Waals surface area (Å²) in [5, 5.41) is 10.1. The molecule has 0 fully saturated rings. The van der Waals surface area contributed by atoms with Crippen LogP contribution in [0.5, 0.6) is 0 Å². The minimum Gasteiger partial charge on any atom is -0.237 e. The highest BCUT2D eigenvalue weighted by molar-refractivity contribution is 7.91. The summed E-state index contributed by atoms with van der Waals surface area (Å²) in [6.07, 6.45) is 0.235. The van der Waals surface area contributed by atoms with Crippen molar-refractivity contribution >= 4 is 9.84 Å². The van der Waals surface area contributed by atoms with Gasteiger partial charge in [0.2, 0.25) is 0 Å². The molecular formula is C8H17O3S. The molecule has 3 nitrogen and oxygen atoms in total. The molecule has 0 aliphatic heterocycles. The molecule has 0 rings (SSSR count). The predicted molar refractivity (Wildman–Crippen MR) is 48.3 cm³/mol. The van der Waals surface area contributed by atoms with E-state index in [0.717, 1.165) is 0 Å². The number of sulfone groups is 1. The zero-order chi connectivity index (χ0) is 9.83. The quantitative estimate of drug-likeness (QED) is 0.675. The van der Waals surface area contributed by atoms with E-state index in [1.54, 1.807) is 0 Å². The standard InChI is InChI=1S/C8H17O3S/c1-8(2,3)7-12(10,11)6-4-5-9/h4-7H2,1-3H3. The van der Waals surface area contributed by atoms with Crippen LogP contribution in [0, 0.1) is 5.41 Å². The third-order valence-electron chi connectivity index (χ3n) is 1.25. The smallest absolute Gasteiger partial charge is 0.150 e. The first-order valence-electron chi connectivity index (χ1n) is 4.05. The lowest BCUT2D eigenvalue weighted by atomic mass is 10.0. The highest BCUT2D eigenvalue weighted by atomic mass is 32.2. The second-order valence-electron chi connectivity index (χ2n) is 4.21. The van der Waals surface area contributed by atoms with Crippen LogP contribution in [0.1, 0.15) is 27.2 Å². The molecule has 0 saturated carbocycles. The Labute approximate surface area is 74.7 Å². The largest absolute Gasteiger partial charge is 0.237 e. The zero-order valence-corrected chi connectivity index (χ0v) is 8.78. The fraction of sp³-hybridized carbons (Fsp3) is 1.00. The summed E-state index contributed by atoms with van der Waals surface area (Å²) >= 11 is 0. The molecule has 0 heterocycles. The van der Waals surface area contributed by atoms with Crippen molar-refractivity contribution < 1.29 is 13.5 Å². The van der Waals surface area contributed by atoms with Crippen LogP contribution in [0.3, 0.4) is 0 Å². The lowest BCUT2D eigenvalue weighted by Gasteiger charge is -2.17. The van der Waals surface area contributed by atoms with Crippen LogP contribution in [0.15, 0.2) is 0 Å². The van der Waals surface area contributed by atoms with Gasteiger partial charge < -0.3 is 0 Å². The van der Waals surface area contributed by atoms with Crippen LogP contribution in [0.2, 0.25) is 0 Å². The molecule has 0 aliphatic carbocycles. The van der Waals surface area contributed by atoms with Gasteiger partial charge >= 0.3 is 0 Å². The summed E-state index contributed by atoms with van der Waals surface area (Å²) in [5.41, 5.74) is -0.207. The van der Waals surface area contributed by atoms with Crippen molar-refractivity contribution in [2.45, 2.75) is 27.2 Å². The van der Waals surface area contributed by atoms with E-state index in [-0.39, 0.29) is 29.9 Å². The van der Waals surface area contributed by atoms with Gasteiger partial charge in [-0.2, -0.15) is 0 Å². The molecule has 4 heteroatoms. The van der Waals surface area contributed by atoms with Crippen LogP contribution < -0.4 is 0 Å². The Balaban J connectivity index is 4.06. The topological polar surface area (TPSA) is 54.0 Å². The van der Waals surface area contributed by atoms with Crippen LogP contribution in [-0.2, 0) is 14.9 Å². The Morgan fingerprint density at radius 1 is 1.17 bits per heavy atom. The van der Waals surface area contributed by atoms with Gasteiger partial charge in [-0.05, 0) is 11.8 Å². The second-order valence-corrected chi connectivity index (χ2v) is 6.39. The first-order valence-corrected chi connectivity index (χ1v) is 5.87. The van der Waals surface area contributed by atoms with Gasteiger partial charge in [0.05, 0.1) is 18.1 Å². The molecule has 0 aromatic carbocycles. The van der Waals surface area contributed by atoms with Crippen molar-refractivity contribution in [3.8, 4) is 0 Å². The lowest BCUT2D eigenvalue weighted by molar-refractivity contribution is 0.194. The Morgan fingerprint density at radius 3 is 2.00 bits per heavy atom. The van der Waals surface area contributed by atoms with Crippen LogP contribution in [0.4, 0.5) is 0 Å². The molecule has 0 aromatic rings. The van der Waals surface area contributed by atoms with Crippen molar-refractivity contribution in [1.82, 2.24) is 0 Å². The van der Waals surface area contributed by atoms with Crippen molar-refractivity contribution in [2.75, 3.05) is 18.1 Å². The van der Waals surface area contributed by atoms with E-state index < -0.39 is 9.84 Å². The summed E-state index contributed by atoms with van der Waals surface area (Å²) in [5.74, 6) is 0.202. The maximum atomic E-state index is 11.3. The lowest BCUT2D eigenvalue weighted by Crippen LogP contribution is -2.23. The highest BCUT2D eigenvalue weighted by Gasteiger charge is 2.20. The van der Waals surface area contributed by atoms with Crippen molar-refractivity contribution in [2.24, 2.45) is 5.41 Å². The maximum Gasteiger partial charge on any atom is 0.150 e. The van der Waals surface area contributed by atoms with Crippen LogP contribution in [-0.4, -0.2) is 26.5 Å². The van der Waals surface area contributed by atoms with Crippen LogP contribution >= 0.6 is 0 Å². The number of hydrogen-bond donors (Lipinski definition) is 0. The Bertz CT molecular complexity index is 211. The summed E-state index contributed by atoms with van der Waals surface area (Å²) in [7, 11) is -3.00. The van der Waals surface area contributed by atoms with E-state index in [0.29, 0.717) is 0 Å². The molecule has 0 aromatic heterocycles. The molecule has 1 radical (unpaired) electrons. The first kappa shape index (κ1) is 11.9. The van der Waals surface area contributed by atoms with Gasteiger partial charge in [0.1, 0.15) is 0 Å². The van der Waals surface area contributed by atoms with Gasteiger partial charge in [0.25, 0.3) is 0 Å². The predicted octanol–water partition coefficient (Wildman–Crippen LogP) is 1.27. The Hall–Kier alpha value is -0.0900. The molecule has 12 heavy (non-hydrogen) atoms. The number of rotatable bonds is 4. The Morgan fingerprint density at radius 2 is 1.67 bits per heavy atom. The van der Waals surface area contributed by atoms with E-state index in [2.05, 4.69) is 0 Å². The summed E-state index contributed by atoms with van der Waals surface area (Å²) in [6.45, 7) is 5.33. The van der Waals surface area contributed by atoms with Gasteiger partial charge in [-0.3, -0.25) is 0 Å². The Kier molecular flexibility index (Phi) is 4.20. The molecule has 0 bridgehead atoms. The van der Waals surface area contributed by atoms with E-state index in [1.807, 2.05) is 20.8 Å². The third kappa shape index (κ3) is 6.61. The minimum atomic E-state index is -3.00. The molecule has 0 spiro atoms. The summed E-state index contributed by atoms with van der Waals surface area (Å²) in [6, 6.07) is 0. The molecule has 0 atom stereocenters. The normalized spacial score (nSPS) is 13.3. The fourth-order valence-corrected chi connectivity index (χ4v) is 3.03. The molecule has 73 valence electrons. The molecule has 0 unspecified atom stereocenters.